The number of esters is 2. The van der Waals surface area contributed by atoms with E-state index in [1.54, 1.807) is 52.0 Å². The van der Waals surface area contributed by atoms with Crippen LogP contribution in [-0.4, -0.2) is 119 Å². The highest BCUT2D eigenvalue weighted by Gasteiger charge is 2.40. The van der Waals surface area contributed by atoms with Gasteiger partial charge in [0.25, 0.3) is 5.91 Å². The van der Waals surface area contributed by atoms with Crippen molar-refractivity contribution < 1.29 is 58.2 Å². The lowest BCUT2D eigenvalue weighted by molar-refractivity contribution is -0.160. The van der Waals surface area contributed by atoms with Crippen molar-refractivity contribution in [3.8, 4) is 28.7 Å². The molecule has 0 aromatic heterocycles. The average Bonchev–Trinajstić information content (AvgIpc) is 3.31. The first-order valence-corrected chi connectivity index (χ1v) is 23.7. The molecule has 17 heteroatoms. The lowest BCUT2D eigenvalue weighted by Crippen LogP contribution is -2.47. The first-order chi connectivity index (χ1) is 32.7. The molecule has 374 valence electrons. The van der Waals surface area contributed by atoms with Gasteiger partial charge in [-0.1, -0.05) is 66.7 Å². The van der Waals surface area contributed by atoms with Crippen LogP contribution in [0.4, 0.5) is 11.4 Å². The van der Waals surface area contributed by atoms with Gasteiger partial charge in [0.15, 0.2) is 11.3 Å². The Hall–Kier alpha value is -6.01. The summed E-state index contributed by atoms with van der Waals surface area (Å²) in [6.45, 7) is 21.3. The zero-order valence-corrected chi connectivity index (χ0v) is 41.5. The third-order valence-corrected chi connectivity index (χ3v) is 13.4. The van der Waals surface area contributed by atoms with Gasteiger partial charge in [-0.15, -0.1) is 0 Å². The molecule has 1 aliphatic carbocycles. The van der Waals surface area contributed by atoms with E-state index < -0.39 is 88.2 Å². The van der Waals surface area contributed by atoms with Crippen LogP contribution in [0.15, 0.2) is 57.5 Å². The van der Waals surface area contributed by atoms with Gasteiger partial charge in [0, 0.05) is 105 Å². The average molecular weight is 957 g/mol. The van der Waals surface area contributed by atoms with Gasteiger partial charge in [0.05, 0.1) is 36.6 Å². The zero-order chi connectivity index (χ0) is 50.6. The minimum atomic E-state index is -1.16. The van der Waals surface area contributed by atoms with Gasteiger partial charge in [-0.3, -0.25) is 19.3 Å². The molecule has 5 N–H and O–H groups in total. The molecule has 0 saturated carbocycles. The van der Waals surface area contributed by atoms with Crippen LogP contribution in [-0.2, 0) is 23.8 Å². The lowest BCUT2D eigenvalue weighted by Gasteiger charge is -2.38. The number of phenols is 2. The number of ether oxygens (including phenoxy) is 4. The molecule has 2 aromatic rings. The molecule has 1 fully saturated rings. The molecule has 6 rings (SSSR count). The predicted molar refractivity (Wildman–Crippen MR) is 263 cm³/mol. The minimum Gasteiger partial charge on any atom is -0.507 e. The number of benzene rings is 3. The van der Waals surface area contributed by atoms with Gasteiger partial charge in [-0.2, -0.15) is 0 Å². The summed E-state index contributed by atoms with van der Waals surface area (Å²) >= 11 is 0. The van der Waals surface area contributed by atoms with E-state index in [1.807, 2.05) is 6.92 Å². The second-order valence-corrected chi connectivity index (χ2v) is 19.0. The molecule has 0 unspecified atom stereocenters. The normalized spacial score (nSPS) is 26.5. The Labute approximate surface area is 402 Å². The first kappa shape index (κ1) is 52.4. The van der Waals surface area contributed by atoms with E-state index in [1.165, 1.54) is 40.0 Å². The summed E-state index contributed by atoms with van der Waals surface area (Å²) in [6, 6.07) is 3.27. The number of aromatic nitrogens is 1. The van der Waals surface area contributed by atoms with E-state index in [0.717, 1.165) is 25.9 Å². The van der Waals surface area contributed by atoms with Crippen LogP contribution in [0.25, 0.3) is 33.3 Å². The van der Waals surface area contributed by atoms with E-state index in [2.05, 4.69) is 29.0 Å². The molecule has 0 spiro atoms. The highest BCUT2D eigenvalue weighted by Crippen LogP contribution is 2.47. The number of hydrogen-bond acceptors (Lipinski definition) is 16. The van der Waals surface area contributed by atoms with Gasteiger partial charge in [0.2, 0.25) is 5.43 Å². The van der Waals surface area contributed by atoms with Gasteiger partial charge < -0.3 is 54.0 Å². The summed E-state index contributed by atoms with van der Waals surface area (Å²) in [6.07, 6.45) is 3.70. The van der Waals surface area contributed by atoms with E-state index in [-0.39, 0.29) is 62.7 Å². The summed E-state index contributed by atoms with van der Waals surface area (Å²) in [5.41, 5.74) is -0.930. The molecule has 17 nitrogen and oxygen atoms in total. The number of cyclic esters (lactones) is 1. The Morgan fingerprint density at radius 2 is 1.65 bits per heavy atom. The van der Waals surface area contributed by atoms with Crippen molar-refractivity contribution in [3.63, 3.8) is 0 Å². The maximum absolute atomic E-state index is 15.0. The molecule has 2 aromatic carbocycles. The van der Waals surface area contributed by atoms with Gasteiger partial charge in [-0.05, 0) is 32.3 Å². The fourth-order valence-corrected chi connectivity index (χ4v) is 9.44. The van der Waals surface area contributed by atoms with Crippen LogP contribution in [0, 0.1) is 36.5 Å². The molecule has 69 heavy (non-hydrogen) atoms. The molecule has 1 amide bonds. The van der Waals surface area contributed by atoms with Gasteiger partial charge in [-0.25, -0.2) is 9.78 Å². The number of rotatable bonds is 8. The second kappa shape index (κ2) is 22.2. The number of carbonyl (C=O) groups is 3. The third-order valence-electron chi connectivity index (χ3n) is 13.4. The monoisotopic (exact) mass is 956 g/mol. The van der Waals surface area contributed by atoms with Crippen molar-refractivity contribution in [1.82, 2.24) is 9.88 Å². The predicted octanol–water partition coefficient (Wildman–Crippen LogP) is 7.07. The number of aliphatic hydroxyl groups is 2. The summed E-state index contributed by atoms with van der Waals surface area (Å²) in [7, 11) is 1.42. The van der Waals surface area contributed by atoms with Crippen molar-refractivity contribution in [2.24, 2.45) is 29.6 Å². The van der Waals surface area contributed by atoms with Crippen molar-refractivity contribution in [3.05, 3.63) is 69.6 Å². The highest BCUT2D eigenvalue weighted by molar-refractivity contribution is 6.18. The molecule has 2 bridgehead atoms. The SMILES string of the molecule is CCCOc1c(C)c(O)c2c(=O)c3c4oc5cc(N6CCN(CC(C)C)CC6)cc(O)c5nc-4c2c1C(=O)O/C=C/[C@H](OC)[C@@H](C)[C@@H](OC(C)=O)[C@H](C)[C@H](O)[C@H](C)[C@@H](O)[C@@H](C)/C=C/C=C(/C)C(=O)N3. The number of piperazine rings is 1. The Balaban J connectivity index is 1.62. The summed E-state index contributed by atoms with van der Waals surface area (Å²) < 4.78 is 30.1. The number of carbonyl (C=O) groups excluding carboxylic acids is 3. The van der Waals surface area contributed by atoms with Crippen LogP contribution in [0.2, 0.25) is 0 Å². The van der Waals surface area contributed by atoms with Crippen molar-refractivity contribution in [2.75, 3.05) is 56.7 Å². The third kappa shape index (κ3) is 11.1. The number of aliphatic hydroxyl groups excluding tert-OH is 2. The fourth-order valence-electron chi connectivity index (χ4n) is 9.44. The van der Waals surface area contributed by atoms with Gasteiger partial charge >= 0.3 is 11.9 Å². The quantitative estimate of drug-likeness (QED) is 0.0675. The van der Waals surface area contributed by atoms with Crippen LogP contribution in [0.5, 0.6) is 17.2 Å². The summed E-state index contributed by atoms with van der Waals surface area (Å²) in [5.74, 6) is -5.66. The number of nitrogens with one attached hydrogen (secondary N) is 1. The molecule has 4 aliphatic rings. The summed E-state index contributed by atoms with van der Waals surface area (Å²) in [4.78, 5) is 65.6. The number of hydrogen-bond donors (Lipinski definition) is 5. The number of anilines is 2. The Morgan fingerprint density at radius 3 is 2.29 bits per heavy atom. The number of aromatic hydroxyl groups is 2. The van der Waals surface area contributed by atoms with Crippen LogP contribution in [0.1, 0.15) is 84.7 Å². The standard InChI is InChI=1S/C52H68N4O13/c1-12-21-66-49-32(9)46(61)39-38-40(49)52(64)67-22-16-36(65-11)29(6)48(68-33(10)57)31(8)45(60)30(7)44(59)27(4)14-13-15-28(5)51(63)54-43(47(39)62)50-42(38)53-41-35(58)23-34(24-37(41)69-50)56-19-17-55(18-20-56)25-26(2)3/h13-16,22-24,26-27,29-31,36,44-45,48,58-61H,12,17-21,25H2,1-11H3,(H,54,63)/b14-13+,22-16+,28-15-/t27-,29+,30+,31+,36-,44-,45+,48+/m0/s1. The maximum Gasteiger partial charge on any atom is 0.347 e. The molecular weight excluding hydrogens is 889 g/mol. The first-order valence-electron chi connectivity index (χ1n) is 23.7. The number of phenolic OH excluding ortho intramolecular Hbond substituents is 2. The van der Waals surface area contributed by atoms with Crippen molar-refractivity contribution in [1.29, 1.82) is 0 Å². The smallest absolute Gasteiger partial charge is 0.347 e. The highest BCUT2D eigenvalue weighted by atomic mass is 16.6. The molecule has 8 atom stereocenters. The Bertz CT molecular complexity index is 2660. The second-order valence-electron chi connectivity index (χ2n) is 19.0. The van der Waals surface area contributed by atoms with Crippen molar-refractivity contribution in [2.45, 2.75) is 100 Å². The molecule has 0 radical (unpaired) electrons. The number of amides is 1. The number of methoxy groups -OCH3 is 1. The van der Waals surface area contributed by atoms with E-state index in [4.69, 9.17) is 28.3 Å². The Kier molecular flexibility index (Phi) is 16.8. The topological polar surface area (TPSA) is 231 Å². The minimum absolute atomic E-state index is 0.0248. The van der Waals surface area contributed by atoms with Crippen LogP contribution in [0.3, 0.4) is 0 Å². The maximum atomic E-state index is 15.0. The number of nitrogens with zero attached hydrogens (tertiary/aromatic N) is 3. The largest absolute Gasteiger partial charge is 0.507 e. The number of allylic oxidation sites excluding steroid dienone is 2. The lowest BCUT2D eigenvalue weighted by atomic mass is 9.78. The van der Waals surface area contributed by atoms with Crippen molar-refractivity contribution >= 4 is 51.1 Å². The van der Waals surface area contributed by atoms with Crippen LogP contribution < -0.4 is 20.4 Å². The fraction of sp³-hybridized carbons (Fsp3) is 0.519. The molecule has 3 aliphatic heterocycles. The summed E-state index contributed by atoms with van der Waals surface area (Å²) in [5, 5.41) is 48.7. The zero-order valence-electron chi connectivity index (χ0n) is 41.5. The van der Waals surface area contributed by atoms with E-state index >= 15 is 0 Å². The van der Waals surface area contributed by atoms with E-state index in [0.29, 0.717) is 31.1 Å². The van der Waals surface area contributed by atoms with Crippen LogP contribution >= 0.6 is 0 Å². The molecular formula is C52H68N4O13. The molecule has 3 heterocycles. The number of fused-ring (bicyclic) bond motifs is 1. The van der Waals surface area contributed by atoms with Gasteiger partial charge in [0.1, 0.15) is 45.8 Å². The Morgan fingerprint density at radius 1 is 0.957 bits per heavy atom. The van der Waals surface area contributed by atoms with E-state index in [9.17, 15) is 39.6 Å². The molecule has 1 saturated heterocycles.